The number of para-hydroxylation sites is 1. The number of furan rings is 1. The molecular weight excluding hydrogens is 366 g/mol. The first-order valence-corrected chi connectivity index (χ1v) is 8.77. The van der Waals surface area contributed by atoms with Crippen LogP contribution in [0.3, 0.4) is 0 Å². The molecule has 0 atom stereocenters. The van der Waals surface area contributed by atoms with Gasteiger partial charge < -0.3 is 9.32 Å². The van der Waals surface area contributed by atoms with Gasteiger partial charge in [0.25, 0.3) is 5.91 Å². The fourth-order valence-electron chi connectivity index (χ4n) is 3.10. The molecule has 0 bridgehead atoms. The van der Waals surface area contributed by atoms with Crippen molar-refractivity contribution in [1.82, 2.24) is 0 Å². The zero-order valence-electron chi connectivity index (χ0n) is 13.0. The third-order valence-electron chi connectivity index (χ3n) is 4.30. The second-order valence-corrected chi connectivity index (χ2v) is 6.78. The summed E-state index contributed by atoms with van der Waals surface area (Å²) in [5.74, 6) is 1.01. The molecule has 1 aromatic heterocycles. The van der Waals surface area contributed by atoms with Crippen LogP contribution in [0.4, 0.5) is 5.69 Å². The van der Waals surface area contributed by atoms with Crippen LogP contribution in [0.2, 0.25) is 0 Å². The molecule has 0 unspecified atom stereocenters. The lowest BCUT2D eigenvalue weighted by molar-refractivity contribution is 0.0959. The number of anilines is 1. The van der Waals surface area contributed by atoms with Crippen molar-refractivity contribution in [3.63, 3.8) is 0 Å². The van der Waals surface area contributed by atoms with Crippen LogP contribution < -0.4 is 4.90 Å². The van der Waals surface area contributed by atoms with Gasteiger partial charge in [0.1, 0.15) is 5.76 Å². The molecule has 2 aromatic carbocycles. The monoisotopic (exact) mass is 381 g/mol. The Kier molecular flexibility index (Phi) is 3.98. The van der Waals surface area contributed by atoms with E-state index in [4.69, 9.17) is 4.42 Å². The average Bonchev–Trinajstić information content (AvgIpc) is 3.11. The van der Waals surface area contributed by atoms with E-state index in [1.165, 1.54) is 5.56 Å². The molecule has 0 aliphatic carbocycles. The topological polar surface area (TPSA) is 33.5 Å². The first-order valence-electron chi connectivity index (χ1n) is 7.98. The van der Waals surface area contributed by atoms with Crippen molar-refractivity contribution in [3.05, 3.63) is 76.5 Å². The first-order chi connectivity index (χ1) is 11.7. The Hall–Kier alpha value is -2.33. The van der Waals surface area contributed by atoms with Gasteiger partial charge in [0.15, 0.2) is 5.76 Å². The predicted molar refractivity (Wildman–Crippen MR) is 98.3 cm³/mol. The largest absolute Gasteiger partial charge is 0.451 e. The van der Waals surface area contributed by atoms with Crippen LogP contribution in [0.25, 0.3) is 11.3 Å². The number of fused-ring (bicyclic) bond motifs is 1. The zero-order valence-corrected chi connectivity index (χ0v) is 14.6. The number of carbonyl (C=O) groups excluding carboxylic acids is 1. The van der Waals surface area contributed by atoms with E-state index in [9.17, 15) is 4.79 Å². The molecular formula is C20H16BrNO2. The SMILES string of the molecule is O=C(c1ccc(-c2ccc(Br)cc2)o1)N1CCCc2ccccc21. The number of carbonyl (C=O) groups is 1. The summed E-state index contributed by atoms with van der Waals surface area (Å²) in [6.07, 6.45) is 1.99. The van der Waals surface area contributed by atoms with Gasteiger partial charge in [0.05, 0.1) is 0 Å². The van der Waals surface area contributed by atoms with Gasteiger partial charge in [-0.25, -0.2) is 0 Å². The Morgan fingerprint density at radius 3 is 2.62 bits per heavy atom. The molecule has 120 valence electrons. The van der Waals surface area contributed by atoms with Crippen molar-refractivity contribution < 1.29 is 9.21 Å². The second-order valence-electron chi connectivity index (χ2n) is 5.86. The van der Waals surface area contributed by atoms with Crippen LogP contribution >= 0.6 is 15.9 Å². The fourth-order valence-corrected chi connectivity index (χ4v) is 3.36. The van der Waals surface area contributed by atoms with Gasteiger partial charge >= 0.3 is 0 Å². The minimum absolute atomic E-state index is 0.0782. The standard InChI is InChI=1S/C20H16BrNO2/c21-16-9-7-15(8-10-16)18-11-12-19(24-18)20(23)22-13-3-5-14-4-1-2-6-17(14)22/h1-2,4,6-12H,3,5,13H2. The normalized spacial score (nSPS) is 13.6. The van der Waals surface area contributed by atoms with Crippen molar-refractivity contribution in [2.75, 3.05) is 11.4 Å². The molecule has 3 aromatic rings. The van der Waals surface area contributed by atoms with E-state index in [1.807, 2.05) is 53.4 Å². The van der Waals surface area contributed by atoms with E-state index < -0.39 is 0 Å². The maximum Gasteiger partial charge on any atom is 0.293 e. The highest BCUT2D eigenvalue weighted by molar-refractivity contribution is 9.10. The molecule has 4 heteroatoms. The molecule has 0 fully saturated rings. The maximum atomic E-state index is 12.9. The Bertz CT molecular complexity index is 883. The number of rotatable bonds is 2. The van der Waals surface area contributed by atoms with Crippen LogP contribution in [-0.4, -0.2) is 12.5 Å². The molecule has 0 saturated heterocycles. The minimum Gasteiger partial charge on any atom is -0.451 e. The average molecular weight is 382 g/mol. The van der Waals surface area contributed by atoms with Gasteiger partial charge in [-0.1, -0.05) is 46.3 Å². The number of nitrogens with zero attached hydrogens (tertiary/aromatic N) is 1. The molecule has 3 nitrogen and oxygen atoms in total. The summed E-state index contributed by atoms with van der Waals surface area (Å²) in [5, 5.41) is 0. The Morgan fingerprint density at radius 1 is 1.00 bits per heavy atom. The molecule has 1 aliphatic rings. The van der Waals surface area contributed by atoms with Crippen molar-refractivity contribution in [2.45, 2.75) is 12.8 Å². The summed E-state index contributed by atoms with van der Waals surface area (Å²) in [6.45, 7) is 0.726. The van der Waals surface area contributed by atoms with E-state index in [1.54, 1.807) is 6.07 Å². The second kappa shape index (κ2) is 6.29. The fraction of sp³-hybridized carbons (Fsp3) is 0.150. The summed E-state index contributed by atoms with van der Waals surface area (Å²) in [6, 6.07) is 19.5. The van der Waals surface area contributed by atoms with E-state index in [-0.39, 0.29) is 5.91 Å². The van der Waals surface area contributed by atoms with Crippen molar-refractivity contribution >= 4 is 27.5 Å². The van der Waals surface area contributed by atoms with Crippen LogP contribution in [0.5, 0.6) is 0 Å². The molecule has 0 radical (unpaired) electrons. The van der Waals surface area contributed by atoms with Crippen LogP contribution in [0.15, 0.2) is 69.6 Å². The molecule has 0 N–H and O–H groups in total. The smallest absolute Gasteiger partial charge is 0.293 e. The number of amides is 1. The van der Waals surface area contributed by atoms with Gasteiger partial charge in [-0.3, -0.25) is 4.79 Å². The lowest BCUT2D eigenvalue weighted by Crippen LogP contribution is -2.35. The van der Waals surface area contributed by atoms with Gasteiger partial charge in [-0.2, -0.15) is 0 Å². The summed E-state index contributed by atoms with van der Waals surface area (Å²) >= 11 is 3.42. The van der Waals surface area contributed by atoms with Crippen molar-refractivity contribution in [1.29, 1.82) is 0 Å². The summed E-state index contributed by atoms with van der Waals surface area (Å²) in [4.78, 5) is 14.7. The quantitative estimate of drug-likeness (QED) is 0.603. The molecule has 1 amide bonds. The summed E-state index contributed by atoms with van der Waals surface area (Å²) in [5.41, 5.74) is 3.17. The van der Waals surface area contributed by atoms with Gasteiger partial charge in [-0.15, -0.1) is 0 Å². The Balaban J connectivity index is 1.63. The van der Waals surface area contributed by atoms with Crippen LogP contribution in [0.1, 0.15) is 22.5 Å². The highest BCUT2D eigenvalue weighted by Crippen LogP contribution is 2.30. The Labute approximate surface area is 149 Å². The summed E-state index contributed by atoms with van der Waals surface area (Å²) < 4.78 is 6.85. The van der Waals surface area contributed by atoms with Gasteiger partial charge in [0, 0.05) is 22.3 Å². The van der Waals surface area contributed by atoms with E-state index in [0.717, 1.165) is 35.1 Å². The highest BCUT2D eigenvalue weighted by atomic mass is 79.9. The molecule has 4 rings (SSSR count). The predicted octanol–water partition coefficient (Wildman–Crippen LogP) is 5.30. The number of hydrogen-bond acceptors (Lipinski definition) is 2. The Morgan fingerprint density at radius 2 is 1.79 bits per heavy atom. The third-order valence-corrected chi connectivity index (χ3v) is 4.83. The molecule has 2 heterocycles. The van der Waals surface area contributed by atoms with Crippen molar-refractivity contribution in [2.24, 2.45) is 0 Å². The van der Waals surface area contributed by atoms with Crippen molar-refractivity contribution in [3.8, 4) is 11.3 Å². The third kappa shape index (κ3) is 2.78. The first kappa shape index (κ1) is 15.2. The molecule has 24 heavy (non-hydrogen) atoms. The van der Waals surface area contributed by atoms with Crippen LogP contribution in [-0.2, 0) is 6.42 Å². The number of hydrogen-bond donors (Lipinski definition) is 0. The number of benzene rings is 2. The number of halogens is 1. The zero-order chi connectivity index (χ0) is 16.5. The van der Waals surface area contributed by atoms with E-state index >= 15 is 0 Å². The van der Waals surface area contributed by atoms with Crippen LogP contribution in [0, 0.1) is 0 Å². The maximum absolute atomic E-state index is 12.9. The van der Waals surface area contributed by atoms with E-state index in [0.29, 0.717) is 11.5 Å². The lowest BCUT2D eigenvalue weighted by atomic mass is 10.0. The van der Waals surface area contributed by atoms with Gasteiger partial charge in [-0.05, 0) is 48.7 Å². The summed E-state index contributed by atoms with van der Waals surface area (Å²) in [7, 11) is 0. The highest BCUT2D eigenvalue weighted by Gasteiger charge is 2.25. The lowest BCUT2D eigenvalue weighted by Gasteiger charge is -2.28. The van der Waals surface area contributed by atoms with E-state index in [2.05, 4.69) is 22.0 Å². The minimum atomic E-state index is -0.0782. The van der Waals surface area contributed by atoms with Gasteiger partial charge in [0.2, 0.25) is 0 Å². The molecule has 1 aliphatic heterocycles. The molecule has 0 spiro atoms. The number of aryl methyl sites for hydroxylation is 1. The molecule has 0 saturated carbocycles.